The smallest absolute Gasteiger partial charge is 0.167 e. The number of halogens is 6. The molecule has 0 aromatic carbocycles. The van der Waals surface area contributed by atoms with Gasteiger partial charge in [0.1, 0.15) is 0 Å². The number of rotatable bonds is 2. The molecule has 0 unspecified atom stereocenters. The maximum Gasteiger partial charge on any atom is 0.422 e. The van der Waals surface area contributed by atoms with Crippen LogP contribution in [0.2, 0.25) is 0 Å². The normalized spacial score (nSPS) is 20.5. The van der Waals surface area contributed by atoms with Crippen LogP contribution in [0.15, 0.2) is 11.0 Å². The highest BCUT2D eigenvalue weighted by molar-refractivity contribution is 8.03. The summed E-state index contributed by atoms with van der Waals surface area (Å²) >= 11 is 0.302. The van der Waals surface area contributed by atoms with Gasteiger partial charge >= 0.3 is 12.4 Å². The number of thioether (sulfide) groups is 1. The Bertz CT molecular complexity index is 258. The van der Waals surface area contributed by atoms with Crippen molar-refractivity contribution in [1.82, 2.24) is 0 Å². The van der Waals surface area contributed by atoms with Gasteiger partial charge in [0.15, 0.2) is 0 Å². The third-order valence-electron chi connectivity index (χ3n) is 2.17. The van der Waals surface area contributed by atoms with Crippen LogP contribution in [0.4, 0.5) is 26.3 Å². The van der Waals surface area contributed by atoms with E-state index in [0.29, 0.717) is 24.6 Å². The molecule has 0 aliphatic heterocycles. The molecule has 7 heteroatoms. The van der Waals surface area contributed by atoms with Crippen LogP contribution in [0.3, 0.4) is 0 Å². The highest BCUT2D eigenvalue weighted by atomic mass is 32.2. The Morgan fingerprint density at radius 2 is 1.50 bits per heavy atom. The van der Waals surface area contributed by atoms with Gasteiger partial charge in [0.25, 0.3) is 0 Å². The largest absolute Gasteiger partial charge is 0.422 e. The fourth-order valence-electron chi connectivity index (χ4n) is 1.52. The molecule has 0 aromatic rings. The molecule has 1 saturated carbocycles. The van der Waals surface area contributed by atoms with Gasteiger partial charge in [-0.05, 0) is 12.8 Å². The van der Waals surface area contributed by atoms with Crippen molar-refractivity contribution < 1.29 is 26.3 Å². The highest BCUT2D eigenvalue weighted by Crippen LogP contribution is 2.43. The molecule has 0 amide bonds. The molecular weight excluding hydrogens is 254 g/mol. The molecule has 0 N–H and O–H groups in total. The molecule has 16 heavy (non-hydrogen) atoms. The third kappa shape index (κ3) is 4.67. The SMILES string of the molecule is FC(F)(F)/C=C(\SC1CCCC1)C(F)(F)F. The summed E-state index contributed by atoms with van der Waals surface area (Å²) in [5, 5.41) is -0.338. The van der Waals surface area contributed by atoms with E-state index in [1.165, 1.54) is 0 Å². The second kappa shape index (κ2) is 4.89. The van der Waals surface area contributed by atoms with Gasteiger partial charge in [-0.1, -0.05) is 12.8 Å². The molecule has 0 saturated heterocycles. The molecule has 0 heterocycles. The van der Waals surface area contributed by atoms with Crippen LogP contribution in [0.1, 0.15) is 25.7 Å². The maximum absolute atomic E-state index is 12.3. The van der Waals surface area contributed by atoms with Crippen LogP contribution in [0.5, 0.6) is 0 Å². The van der Waals surface area contributed by atoms with Crippen molar-refractivity contribution in [3.8, 4) is 0 Å². The van der Waals surface area contributed by atoms with E-state index in [9.17, 15) is 26.3 Å². The Balaban J connectivity index is 2.75. The lowest BCUT2D eigenvalue weighted by Crippen LogP contribution is -2.16. The number of hydrogen-bond acceptors (Lipinski definition) is 1. The van der Waals surface area contributed by atoms with Crippen LogP contribution >= 0.6 is 11.8 Å². The summed E-state index contributed by atoms with van der Waals surface area (Å²) in [6.07, 6.45) is -7.80. The minimum absolute atomic E-state index is 0.302. The monoisotopic (exact) mass is 264 g/mol. The fourth-order valence-corrected chi connectivity index (χ4v) is 2.78. The highest BCUT2D eigenvalue weighted by Gasteiger charge is 2.40. The van der Waals surface area contributed by atoms with Gasteiger partial charge in [-0.3, -0.25) is 0 Å². The lowest BCUT2D eigenvalue weighted by Gasteiger charge is -2.16. The number of allylic oxidation sites excluding steroid dienone is 2. The summed E-state index contributed by atoms with van der Waals surface area (Å²) in [6.45, 7) is 0. The van der Waals surface area contributed by atoms with Gasteiger partial charge in [-0.15, -0.1) is 11.8 Å². The van der Waals surface area contributed by atoms with Crippen molar-refractivity contribution in [1.29, 1.82) is 0 Å². The van der Waals surface area contributed by atoms with E-state index >= 15 is 0 Å². The van der Waals surface area contributed by atoms with Crippen molar-refractivity contribution in [3.63, 3.8) is 0 Å². The van der Waals surface area contributed by atoms with Crippen molar-refractivity contribution in [2.45, 2.75) is 43.3 Å². The van der Waals surface area contributed by atoms with Crippen molar-refractivity contribution >= 4 is 11.8 Å². The molecule has 1 aliphatic carbocycles. The van der Waals surface area contributed by atoms with E-state index in [1.807, 2.05) is 0 Å². The average molecular weight is 264 g/mol. The summed E-state index contributed by atoms with van der Waals surface area (Å²) in [5.74, 6) is 0. The number of alkyl halides is 6. The zero-order valence-corrected chi connectivity index (χ0v) is 8.98. The van der Waals surface area contributed by atoms with Gasteiger partial charge in [0, 0.05) is 11.3 Å². The van der Waals surface area contributed by atoms with E-state index in [0.717, 1.165) is 12.8 Å². The Morgan fingerprint density at radius 3 is 1.88 bits per heavy atom. The van der Waals surface area contributed by atoms with Crippen LogP contribution in [-0.4, -0.2) is 17.6 Å². The molecule has 1 fully saturated rings. The van der Waals surface area contributed by atoms with Gasteiger partial charge in [0.2, 0.25) is 0 Å². The van der Waals surface area contributed by atoms with Crippen LogP contribution in [0.25, 0.3) is 0 Å². The molecule has 1 rings (SSSR count). The molecule has 0 nitrogen and oxygen atoms in total. The number of hydrogen-bond donors (Lipinski definition) is 0. The zero-order chi connectivity index (χ0) is 12.4. The molecule has 0 radical (unpaired) electrons. The van der Waals surface area contributed by atoms with Crippen molar-refractivity contribution in [2.75, 3.05) is 0 Å². The van der Waals surface area contributed by atoms with Crippen molar-refractivity contribution in [2.24, 2.45) is 0 Å². The van der Waals surface area contributed by atoms with Gasteiger partial charge in [-0.25, -0.2) is 0 Å². The van der Waals surface area contributed by atoms with Gasteiger partial charge in [-0.2, -0.15) is 26.3 Å². The molecule has 0 spiro atoms. The zero-order valence-electron chi connectivity index (χ0n) is 8.16. The van der Waals surface area contributed by atoms with E-state index in [1.54, 1.807) is 0 Å². The Kier molecular flexibility index (Phi) is 4.20. The van der Waals surface area contributed by atoms with Gasteiger partial charge < -0.3 is 0 Å². The predicted molar refractivity (Wildman–Crippen MR) is 50.0 cm³/mol. The first-order chi connectivity index (χ1) is 7.18. The lowest BCUT2D eigenvalue weighted by molar-refractivity contribution is -0.101. The van der Waals surface area contributed by atoms with Crippen LogP contribution in [0, 0.1) is 0 Å². The molecule has 94 valence electrons. The molecule has 0 atom stereocenters. The molecule has 1 aliphatic rings. The minimum atomic E-state index is -4.92. The quantitative estimate of drug-likeness (QED) is 0.653. The second-order valence-electron chi connectivity index (χ2n) is 3.57. The Morgan fingerprint density at radius 1 is 1.00 bits per heavy atom. The second-order valence-corrected chi connectivity index (χ2v) is 4.91. The standard InChI is InChI=1S/C9H10F6S/c10-8(11,12)5-7(9(13,14)15)16-6-3-1-2-4-6/h5-6H,1-4H2/b7-5-. The van der Waals surface area contributed by atoms with Gasteiger partial charge in [0.05, 0.1) is 4.91 Å². The fraction of sp³-hybridized carbons (Fsp3) is 0.778. The van der Waals surface area contributed by atoms with Crippen molar-refractivity contribution in [3.05, 3.63) is 11.0 Å². The summed E-state index contributed by atoms with van der Waals surface area (Å²) in [6, 6.07) is 0. The van der Waals surface area contributed by atoms with E-state index in [4.69, 9.17) is 0 Å². The molecule has 0 aromatic heterocycles. The maximum atomic E-state index is 12.3. The first-order valence-electron chi connectivity index (χ1n) is 4.72. The lowest BCUT2D eigenvalue weighted by atomic mass is 10.4. The Hall–Kier alpha value is -0.330. The van der Waals surface area contributed by atoms with E-state index in [2.05, 4.69) is 0 Å². The van der Waals surface area contributed by atoms with E-state index in [-0.39, 0.29) is 5.25 Å². The summed E-state index contributed by atoms with van der Waals surface area (Å²) < 4.78 is 72.7. The molecule has 0 bridgehead atoms. The summed E-state index contributed by atoms with van der Waals surface area (Å²) in [4.78, 5) is -1.54. The Labute approximate surface area is 93.1 Å². The van der Waals surface area contributed by atoms with E-state index < -0.39 is 23.3 Å². The summed E-state index contributed by atoms with van der Waals surface area (Å²) in [5.41, 5.74) is 0. The van der Waals surface area contributed by atoms with Crippen LogP contribution < -0.4 is 0 Å². The molecular formula is C9H10F6S. The topological polar surface area (TPSA) is 0 Å². The summed E-state index contributed by atoms with van der Waals surface area (Å²) in [7, 11) is 0. The first kappa shape index (κ1) is 13.7. The van der Waals surface area contributed by atoms with Crippen LogP contribution in [-0.2, 0) is 0 Å². The first-order valence-corrected chi connectivity index (χ1v) is 5.60. The average Bonchev–Trinajstić information content (AvgIpc) is 2.51. The third-order valence-corrected chi connectivity index (χ3v) is 3.58. The predicted octanol–water partition coefficient (Wildman–Crippen LogP) is 4.67. The minimum Gasteiger partial charge on any atom is -0.167 e.